The Hall–Kier alpha value is -2.61. The van der Waals surface area contributed by atoms with Crippen molar-refractivity contribution in [3.05, 3.63) is 29.3 Å². The lowest BCUT2D eigenvalue weighted by molar-refractivity contribution is -0.140. The molecule has 1 aromatic rings. The summed E-state index contributed by atoms with van der Waals surface area (Å²) in [4.78, 5) is 39.6. The Morgan fingerprint density at radius 3 is 2.77 bits per heavy atom. The van der Waals surface area contributed by atoms with Crippen LogP contribution in [0.25, 0.3) is 0 Å². The summed E-state index contributed by atoms with van der Waals surface area (Å²) >= 11 is 0. The van der Waals surface area contributed by atoms with E-state index in [2.05, 4.69) is 0 Å². The summed E-state index contributed by atoms with van der Waals surface area (Å²) in [6.07, 6.45) is 1.61. The van der Waals surface area contributed by atoms with Crippen molar-refractivity contribution in [3.63, 3.8) is 0 Å². The van der Waals surface area contributed by atoms with Crippen LogP contribution in [0, 0.1) is 5.92 Å². The average molecular weight is 361 g/mol. The number of hydrogen-bond acceptors (Lipinski definition) is 5. The third kappa shape index (κ3) is 3.80. The number of hydrogen-bond donors (Lipinski definition) is 2. The number of ether oxygens (including phenoxy) is 1. The first-order valence-corrected chi connectivity index (χ1v) is 8.74. The molecule has 3 amide bonds. The van der Waals surface area contributed by atoms with Crippen molar-refractivity contribution in [1.29, 1.82) is 0 Å². The molecule has 2 heterocycles. The van der Waals surface area contributed by atoms with E-state index < -0.39 is 5.91 Å². The van der Waals surface area contributed by atoms with Gasteiger partial charge >= 0.3 is 0 Å². The number of amides is 3. The van der Waals surface area contributed by atoms with Crippen LogP contribution in [0.1, 0.15) is 35.7 Å². The minimum atomic E-state index is -0.611. The molecule has 0 aliphatic carbocycles. The highest BCUT2D eigenvalue weighted by molar-refractivity contribution is 5.93. The molecule has 0 spiro atoms. The number of nitrogens with one attached hydrogen (secondary N) is 1. The summed E-state index contributed by atoms with van der Waals surface area (Å²) in [7, 11) is 0. The number of hydroxylamine groups is 1. The van der Waals surface area contributed by atoms with E-state index >= 15 is 0 Å². The zero-order valence-corrected chi connectivity index (χ0v) is 14.7. The molecule has 0 saturated carbocycles. The van der Waals surface area contributed by atoms with Gasteiger partial charge in [-0.1, -0.05) is 6.07 Å². The molecule has 140 valence electrons. The first kappa shape index (κ1) is 18.2. The van der Waals surface area contributed by atoms with Crippen LogP contribution < -0.4 is 10.2 Å². The van der Waals surface area contributed by atoms with Gasteiger partial charge in [0.15, 0.2) is 0 Å². The molecule has 0 aromatic heterocycles. The maximum absolute atomic E-state index is 12.9. The van der Waals surface area contributed by atoms with Gasteiger partial charge in [-0.2, -0.15) is 0 Å². The molecule has 1 saturated heterocycles. The number of benzene rings is 1. The normalized spacial score (nSPS) is 19.8. The van der Waals surface area contributed by atoms with E-state index in [0.717, 1.165) is 18.4 Å². The van der Waals surface area contributed by atoms with E-state index in [4.69, 9.17) is 9.94 Å². The zero-order chi connectivity index (χ0) is 18.7. The van der Waals surface area contributed by atoms with Crippen LogP contribution >= 0.6 is 0 Å². The van der Waals surface area contributed by atoms with Gasteiger partial charge in [0.1, 0.15) is 12.4 Å². The first-order chi connectivity index (χ1) is 12.5. The Labute approximate surface area is 151 Å². The van der Waals surface area contributed by atoms with Gasteiger partial charge < -0.3 is 14.5 Å². The van der Waals surface area contributed by atoms with E-state index in [1.807, 2.05) is 0 Å². The molecular formula is C18H23N3O5. The Kier molecular flexibility index (Phi) is 5.41. The fourth-order valence-corrected chi connectivity index (χ4v) is 3.49. The minimum absolute atomic E-state index is 0.00161. The van der Waals surface area contributed by atoms with E-state index in [9.17, 15) is 14.4 Å². The number of carbonyl (C=O) groups is 3. The number of carbonyl (C=O) groups excluding carboxylic acids is 3. The quantitative estimate of drug-likeness (QED) is 0.599. The van der Waals surface area contributed by atoms with Crippen molar-refractivity contribution in [2.45, 2.75) is 26.3 Å². The lowest BCUT2D eigenvalue weighted by Crippen LogP contribution is -2.46. The summed E-state index contributed by atoms with van der Waals surface area (Å²) in [5.74, 6) is -0.226. The van der Waals surface area contributed by atoms with Crippen molar-refractivity contribution in [2.75, 3.05) is 26.2 Å². The van der Waals surface area contributed by atoms with Crippen molar-refractivity contribution in [2.24, 2.45) is 5.92 Å². The van der Waals surface area contributed by atoms with Crippen molar-refractivity contribution >= 4 is 17.7 Å². The predicted molar refractivity (Wildman–Crippen MR) is 91.6 cm³/mol. The first-order valence-electron chi connectivity index (χ1n) is 8.74. The molecule has 0 bridgehead atoms. The fraction of sp³-hybridized carbons (Fsp3) is 0.500. The van der Waals surface area contributed by atoms with Gasteiger partial charge in [0.05, 0.1) is 12.5 Å². The van der Waals surface area contributed by atoms with Crippen LogP contribution in [0.5, 0.6) is 5.75 Å². The van der Waals surface area contributed by atoms with Crippen LogP contribution in [0.2, 0.25) is 0 Å². The van der Waals surface area contributed by atoms with Gasteiger partial charge in [0, 0.05) is 37.7 Å². The molecule has 0 radical (unpaired) electrons. The summed E-state index contributed by atoms with van der Waals surface area (Å²) in [6, 6.07) is 4.88. The largest absolute Gasteiger partial charge is 0.491 e. The second kappa shape index (κ2) is 7.74. The van der Waals surface area contributed by atoms with E-state index in [1.54, 1.807) is 33.5 Å². The summed E-state index contributed by atoms with van der Waals surface area (Å²) in [5, 5.41) is 8.75. The molecule has 1 unspecified atom stereocenters. The maximum Gasteiger partial charge on any atom is 0.274 e. The van der Waals surface area contributed by atoms with E-state index in [-0.39, 0.29) is 23.3 Å². The molecule has 2 aliphatic rings. The van der Waals surface area contributed by atoms with Crippen LogP contribution in [0.4, 0.5) is 0 Å². The molecule has 26 heavy (non-hydrogen) atoms. The number of likely N-dealkylation sites (tertiary alicyclic amines) is 1. The van der Waals surface area contributed by atoms with E-state index in [0.29, 0.717) is 38.5 Å². The second-order valence-corrected chi connectivity index (χ2v) is 6.68. The molecule has 3 rings (SSSR count). The molecule has 8 heteroatoms. The lowest BCUT2D eigenvalue weighted by Gasteiger charge is -2.34. The predicted octanol–water partition coefficient (Wildman–Crippen LogP) is 0.785. The highest BCUT2D eigenvalue weighted by Gasteiger charge is 2.31. The smallest absolute Gasteiger partial charge is 0.274 e. The number of nitrogens with zero attached hydrogens (tertiary/aromatic N) is 2. The molecule has 2 N–H and O–H groups in total. The SMILES string of the molecule is CC(=O)N1CCCC(C(=O)N2CCOc3cc(C(=O)NO)ccc3C2)C1. The van der Waals surface area contributed by atoms with Crippen molar-refractivity contribution in [3.8, 4) is 5.75 Å². The molecule has 2 aliphatic heterocycles. The number of fused-ring (bicyclic) bond motifs is 1. The molecule has 1 atom stereocenters. The monoisotopic (exact) mass is 361 g/mol. The van der Waals surface area contributed by atoms with E-state index in [1.165, 1.54) is 6.92 Å². The van der Waals surface area contributed by atoms with Crippen LogP contribution in [-0.4, -0.2) is 59.0 Å². The maximum atomic E-state index is 12.9. The molecule has 1 fully saturated rings. The average Bonchev–Trinajstić information content (AvgIpc) is 2.88. The van der Waals surface area contributed by atoms with Gasteiger partial charge in [-0.3, -0.25) is 19.6 Å². The Balaban J connectivity index is 1.73. The second-order valence-electron chi connectivity index (χ2n) is 6.68. The van der Waals surface area contributed by atoms with Gasteiger partial charge in [-0.15, -0.1) is 0 Å². The van der Waals surface area contributed by atoms with Gasteiger partial charge in [-0.25, -0.2) is 5.48 Å². The van der Waals surface area contributed by atoms with Gasteiger partial charge in [-0.05, 0) is 25.0 Å². The van der Waals surface area contributed by atoms with Gasteiger partial charge in [0.2, 0.25) is 11.8 Å². The Bertz CT molecular complexity index is 721. The Morgan fingerprint density at radius 1 is 1.23 bits per heavy atom. The highest BCUT2D eigenvalue weighted by Crippen LogP contribution is 2.27. The molecular weight excluding hydrogens is 338 g/mol. The fourth-order valence-electron chi connectivity index (χ4n) is 3.49. The summed E-state index contributed by atoms with van der Waals surface area (Å²) in [5.41, 5.74) is 2.69. The van der Waals surface area contributed by atoms with Crippen LogP contribution in [-0.2, 0) is 16.1 Å². The summed E-state index contributed by atoms with van der Waals surface area (Å²) < 4.78 is 5.69. The van der Waals surface area contributed by atoms with Crippen molar-refractivity contribution < 1.29 is 24.3 Å². The standard InChI is InChI=1S/C18H23N3O5/c1-12(22)20-6-2-3-15(11-20)18(24)21-7-8-26-16-9-13(17(23)19-25)4-5-14(16)10-21/h4-5,9,15,25H,2-3,6-8,10-11H2,1H3,(H,19,23). The van der Waals surface area contributed by atoms with Crippen LogP contribution in [0.3, 0.4) is 0 Å². The minimum Gasteiger partial charge on any atom is -0.491 e. The highest BCUT2D eigenvalue weighted by atomic mass is 16.5. The lowest BCUT2D eigenvalue weighted by atomic mass is 9.96. The third-order valence-corrected chi connectivity index (χ3v) is 4.94. The van der Waals surface area contributed by atoms with Gasteiger partial charge in [0.25, 0.3) is 5.91 Å². The topological polar surface area (TPSA) is 99.2 Å². The zero-order valence-electron chi connectivity index (χ0n) is 14.7. The summed E-state index contributed by atoms with van der Waals surface area (Å²) in [6.45, 7) is 3.88. The molecule has 1 aromatic carbocycles. The van der Waals surface area contributed by atoms with Crippen LogP contribution in [0.15, 0.2) is 18.2 Å². The molecule has 8 nitrogen and oxygen atoms in total. The van der Waals surface area contributed by atoms with Crippen molar-refractivity contribution in [1.82, 2.24) is 15.3 Å². The third-order valence-electron chi connectivity index (χ3n) is 4.94. The number of rotatable bonds is 2. The Morgan fingerprint density at radius 2 is 2.04 bits per heavy atom. The number of piperidine rings is 1.